The largest absolute Gasteiger partial charge is 0.368 e. The molecule has 100 valence electrons. The van der Waals surface area contributed by atoms with Gasteiger partial charge in [0.2, 0.25) is 20.0 Å². The van der Waals surface area contributed by atoms with Gasteiger partial charge in [-0.15, -0.1) is 0 Å². The van der Waals surface area contributed by atoms with Gasteiger partial charge >= 0.3 is 0 Å². The molecule has 1 aromatic carbocycles. The summed E-state index contributed by atoms with van der Waals surface area (Å²) in [6.45, 7) is 0.640. The van der Waals surface area contributed by atoms with Crippen LogP contribution in [0, 0.1) is 0 Å². The van der Waals surface area contributed by atoms with Gasteiger partial charge in [-0.2, -0.15) is 3.71 Å². The first-order chi connectivity index (χ1) is 8.19. The summed E-state index contributed by atoms with van der Waals surface area (Å²) in [4.78, 5) is 0. The van der Waals surface area contributed by atoms with E-state index in [-0.39, 0.29) is 11.8 Å². The van der Waals surface area contributed by atoms with E-state index in [4.69, 9.17) is 4.74 Å². The van der Waals surface area contributed by atoms with Crippen LogP contribution in [0.3, 0.4) is 0 Å². The quantitative estimate of drug-likeness (QED) is 0.754. The van der Waals surface area contributed by atoms with Crippen molar-refractivity contribution in [3.8, 4) is 0 Å². The predicted molar refractivity (Wildman–Crippen MR) is 67.3 cm³/mol. The molecule has 0 aromatic heterocycles. The zero-order valence-corrected chi connectivity index (χ0v) is 11.5. The van der Waals surface area contributed by atoms with E-state index in [1.165, 1.54) is 12.1 Å². The molecule has 1 atom stereocenters. The molecular formula is C10H13NO5S2. The highest BCUT2D eigenvalue weighted by Gasteiger charge is 2.28. The molecule has 0 N–H and O–H groups in total. The van der Waals surface area contributed by atoms with Crippen molar-refractivity contribution in [3.05, 3.63) is 29.8 Å². The number of nitrogens with zero attached hydrogens (tertiary/aromatic N) is 1. The summed E-state index contributed by atoms with van der Waals surface area (Å²) >= 11 is 0. The molecule has 1 saturated heterocycles. The van der Waals surface area contributed by atoms with Gasteiger partial charge in [-0.25, -0.2) is 16.8 Å². The average Bonchev–Trinajstić information content (AvgIpc) is 2.97. The molecule has 8 heteroatoms. The van der Waals surface area contributed by atoms with Crippen molar-refractivity contribution < 1.29 is 21.6 Å². The minimum absolute atomic E-state index is 0.0453. The minimum Gasteiger partial charge on any atom is -0.368 e. The first kappa shape index (κ1) is 13.3. The molecule has 18 heavy (non-hydrogen) atoms. The molecule has 0 radical (unpaired) electrons. The van der Waals surface area contributed by atoms with Gasteiger partial charge in [0.05, 0.1) is 24.8 Å². The summed E-state index contributed by atoms with van der Waals surface area (Å²) in [5.41, 5.74) is 1.00. The maximum Gasteiger partial charge on any atom is 0.245 e. The lowest BCUT2D eigenvalue weighted by molar-refractivity contribution is 0.415. The van der Waals surface area contributed by atoms with E-state index in [9.17, 15) is 16.8 Å². The Morgan fingerprint density at radius 1 is 1.06 bits per heavy atom. The Balaban J connectivity index is 2.43. The van der Waals surface area contributed by atoms with Crippen LogP contribution >= 0.6 is 0 Å². The van der Waals surface area contributed by atoms with Crippen LogP contribution in [0.5, 0.6) is 0 Å². The summed E-state index contributed by atoms with van der Waals surface area (Å²) in [6, 6.07) is 6.24. The van der Waals surface area contributed by atoms with E-state index in [1.54, 1.807) is 12.1 Å². The molecule has 1 fully saturated rings. The maximum atomic E-state index is 11.5. The number of epoxide rings is 1. The van der Waals surface area contributed by atoms with Gasteiger partial charge in [0.15, 0.2) is 0 Å². The molecule has 0 saturated carbocycles. The summed E-state index contributed by atoms with van der Waals surface area (Å²) in [6.07, 6.45) is 1.75. The fraction of sp³-hybridized carbons (Fsp3) is 0.400. The van der Waals surface area contributed by atoms with Crippen LogP contribution in [0.25, 0.3) is 0 Å². The number of anilines is 1. The van der Waals surface area contributed by atoms with E-state index in [0.717, 1.165) is 18.1 Å². The summed E-state index contributed by atoms with van der Waals surface area (Å²) in [5.74, 6) is 0. The Morgan fingerprint density at radius 3 is 1.83 bits per heavy atom. The number of rotatable bonds is 4. The van der Waals surface area contributed by atoms with E-state index >= 15 is 0 Å². The van der Waals surface area contributed by atoms with Crippen molar-refractivity contribution in [2.75, 3.05) is 22.8 Å². The lowest BCUT2D eigenvalue weighted by atomic mass is 10.1. The Labute approximate surface area is 106 Å². The molecule has 6 nitrogen and oxygen atoms in total. The van der Waals surface area contributed by atoms with E-state index in [0.29, 0.717) is 10.3 Å². The number of sulfonamides is 2. The van der Waals surface area contributed by atoms with Crippen molar-refractivity contribution in [3.63, 3.8) is 0 Å². The zero-order valence-electron chi connectivity index (χ0n) is 9.90. The second-order valence-corrected chi connectivity index (χ2v) is 8.03. The lowest BCUT2D eigenvalue weighted by Gasteiger charge is -2.19. The third kappa shape index (κ3) is 2.82. The van der Waals surface area contributed by atoms with Crippen molar-refractivity contribution >= 4 is 25.7 Å². The van der Waals surface area contributed by atoms with Gasteiger partial charge in [0.25, 0.3) is 0 Å². The van der Waals surface area contributed by atoms with Crippen molar-refractivity contribution in [1.82, 2.24) is 0 Å². The van der Waals surface area contributed by atoms with Gasteiger partial charge < -0.3 is 4.74 Å². The second kappa shape index (κ2) is 4.22. The van der Waals surface area contributed by atoms with E-state index in [2.05, 4.69) is 0 Å². The highest BCUT2D eigenvalue weighted by Crippen LogP contribution is 2.31. The fourth-order valence-electron chi connectivity index (χ4n) is 1.68. The molecule has 1 aromatic rings. The Morgan fingerprint density at radius 2 is 1.50 bits per heavy atom. The third-order valence-electron chi connectivity index (χ3n) is 2.41. The minimum atomic E-state index is -3.88. The van der Waals surface area contributed by atoms with Crippen molar-refractivity contribution in [1.29, 1.82) is 0 Å². The van der Waals surface area contributed by atoms with Crippen LogP contribution in [0.4, 0.5) is 5.69 Å². The van der Waals surface area contributed by atoms with Crippen LogP contribution in [0.15, 0.2) is 24.3 Å². The molecule has 0 bridgehead atoms. The van der Waals surface area contributed by atoms with Crippen LogP contribution < -0.4 is 3.71 Å². The highest BCUT2D eigenvalue weighted by atomic mass is 32.3. The van der Waals surface area contributed by atoms with Crippen molar-refractivity contribution in [2.24, 2.45) is 0 Å². The topological polar surface area (TPSA) is 84.1 Å². The van der Waals surface area contributed by atoms with Crippen LogP contribution in [0.2, 0.25) is 0 Å². The Kier molecular flexibility index (Phi) is 3.12. The standard InChI is InChI=1S/C10H13NO5S2/c1-17(12,13)11(18(2,14)15)9-5-3-8(4-6-9)10-7-16-10/h3-6,10H,7H2,1-2H3. The molecule has 0 spiro atoms. The summed E-state index contributed by atoms with van der Waals surface area (Å²) in [7, 11) is -7.76. The summed E-state index contributed by atoms with van der Waals surface area (Å²) in [5, 5.41) is 0. The number of hydrogen-bond donors (Lipinski definition) is 0. The van der Waals surface area contributed by atoms with Crippen LogP contribution in [-0.2, 0) is 24.8 Å². The number of ether oxygens (including phenoxy) is 1. The predicted octanol–water partition coefficient (Wildman–Crippen LogP) is 0.484. The molecule has 0 aliphatic carbocycles. The number of benzene rings is 1. The second-order valence-electron chi connectivity index (χ2n) is 4.14. The average molecular weight is 291 g/mol. The van der Waals surface area contributed by atoms with Gasteiger partial charge in [-0.1, -0.05) is 12.1 Å². The molecule has 2 rings (SSSR count). The summed E-state index contributed by atoms with van der Waals surface area (Å²) < 4.78 is 51.6. The highest BCUT2D eigenvalue weighted by molar-refractivity contribution is 8.09. The SMILES string of the molecule is CS(=O)(=O)N(c1ccc(C2CO2)cc1)S(C)(=O)=O. The van der Waals surface area contributed by atoms with E-state index < -0.39 is 20.0 Å². The molecular weight excluding hydrogens is 278 g/mol. The molecule has 1 heterocycles. The van der Waals surface area contributed by atoms with Gasteiger partial charge in [0, 0.05) is 0 Å². The smallest absolute Gasteiger partial charge is 0.245 e. The molecule has 1 unspecified atom stereocenters. The third-order valence-corrected chi connectivity index (χ3v) is 5.66. The molecule has 0 amide bonds. The maximum absolute atomic E-state index is 11.5. The monoisotopic (exact) mass is 291 g/mol. The zero-order chi connectivity index (χ0) is 13.6. The molecule has 1 aliphatic rings. The van der Waals surface area contributed by atoms with Crippen LogP contribution in [-0.4, -0.2) is 36.0 Å². The normalized spacial score (nSPS) is 19.6. The van der Waals surface area contributed by atoms with Gasteiger partial charge in [-0.3, -0.25) is 0 Å². The van der Waals surface area contributed by atoms with Crippen molar-refractivity contribution in [2.45, 2.75) is 6.10 Å². The Hall–Kier alpha value is -1.12. The number of hydrogen-bond acceptors (Lipinski definition) is 5. The van der Waals surface area contributed by atoms with E-state index in [1.807, 2.05) is 0 Å². The Bertz CT molecular complexity index is 612. The first-order valence-electron chi connectivity index (χ1n) is 5.11. The fourth-order valence-corrected chi connectivity index (χ4v) is 4.66. The lowest BCUT2D eigenvalue weighted by Crippen LogP contribution is -2.35. The van der Waals surface area contributed by atoms with Gasteiger partial charge in [0.1, 0.15) is 6.10 Å². The van der Waals surface area contributed by atoms with Gasteiger partial charge in [-0.05, 0) is 17.7 Å². The first-order valence-corrected chi connectivity index (χ1v) is 8.81. The molecule has 1 aliphatic heterocycles. The van der Waals surface area contributed by atoms with Crippen LogP contribution in [0.1, 0.15) is 11.7 Å².